The highest BCUT2D eigenvalue weighted by Crippen LogP contribution is 2.42. The third-order valence-corrected chi connectivity index (χ3v) is 7.48. The van der Waals surface area contributed by atoms with Gasteiger partial charge in [-0.25, -0.2) is 23.0 Å². The maximum atomic E-state index is 13.4. The van der Waals surface area contributed by atoms with Gasteiger partial charge in [-0.2, -0.15) is 0 Å². The predicted octanol–water partition coefficient (Wildman–Crippen LogP) is 3.09. The maximum Gasteiger partial charge on any atom is 0.332 e. The number of esters is 1. The van der Waals surface area contributed by atoms with Crippen LogP contribution >= 0.6 is 22.9 Å². The number of hydrogen-bond acceptors (Lipinski definition) is 9. The first kappa shape index (κ1) is 23.5. The number of aromatic nitrogens is 2. The van der Waals surface area contributed by atoms with E-state index in [0.717, 1.165) is 17.4 Å². The number of pyridine rings is 2. The molecule has 12 heteroatoms. The molecule has 0 bridgehead atoms. The molecule has 0 aliphatic carbocycles. The first-order valence-corrected chi connectivity index (χ1v) is 11.6. The van der Waals surface area contributed by atoms with Crippen LogP contribution in [0.3, 0.4) is 0 Å². The van der Waals surface area contributed by atoms with Crippen molar-refractivity contribution in [2.24, 2.45) is 0 Å². The van der Waals surface area contributed by atoms with Crippen molar-refractivity contribution in [2.75, 3.05) is 7.05 Å². The van der Waals surface area contributed by atoms with Crippen molar-refractivity contribution in [3.8, 4) is 10.4 Å². The molecule has 1 unspecified atom stereocenters. The van der Waals surface area contributed by atoms with E-state index >= 15 is 0 Å². The number of thiophene rings is 1. The summed E-state index contributed by atoms with van der Waals surface area (Å²) < 4.78 is 32.0. The zero-order chi connectivity index (χ0) is 23.3. The molecule has 0 spiro atoms. The Morgan fingerprint density at radius 1 is 1.25 bits per heavy atom. The normalized spacial score (nSPS) is 12.6. The predicted molar refractivity (Wildman–Crippen MR) is 117 cm³/mol. The van der Waals surface area contributed by atoms with E-state index in [2.05, 4.69) is 15.3 Å². The highest BCUT2D eigenvalue weighted by atomic mass is 35.5. The molecule has 2 N–H and O–H groups in total. The number of carbonyl (C=O) groups is 2. The summed E-state index contributed by atoms with van der Waals surface area (Å²) in [5.74, 6) is -2.23. The minimum absolute atomic E-state index is 0.0204. The summed E-state index contributed by atoms with van der Waals surface area (Å²) in [5, 5.41) is 11.5. The van der Waals surface area contributed by atoms with Gasteiger partial charge in [0, 0.05) is 36.3 Å². The van der Waals surface area contributed by atoms with Gasteiger partial charge in [0.15, 0.2) is 6.23 Å². The van der Waals surface area contributed by atoms with Crippen LogP contribution in [0.15, 0.2) is 70.9 Å². The van der Waals surface area contributed by atoms with Crippen LogP contribution in [0.2, 0.25) is 5.15 Å². The molecule has 0 saturated carbocycles. The first-order valence-electron chi connectivity index (χ1n) is 8.92. The van der Waals surface area contributed by atoms with E-state index in [1.54, 1.807) is 12.1 Å². The quantitative estimate of drug-likeness (QED) is 0.210. The van der Waals surface area contributed by atoms with Crippen molar-refractivity contribution >= 4 is 44.7 Å². The summed E-state index contributed by atoms with van der Waals surface area (Å²) in [6.45, 7) is 0. The Kier molecular flexibility index (Phi) is 7.36. The lowest BCUT2D eigenvalue weighted by atomic mass is 10.2. The van der Waals surface area contributed by atoms with Gasteiger partial charge in [0.2, 0.25) is 9.84 Å². The molecule has 3 aromatic heterocycles. The smallest absolute Gasteiger partial charge is 0.332 e. The first-order chi connectivity index (χ1) is 15.2. The van der Waals surface area contributed by atoms with Gasteiger partial charge in [-0.1, -0.05) is 11.6 Å². The Balaban J connectivity index is 2.12. The fourth-order valence-electron chi connectivity index (χ4n) is 2.65. The molecule has 0 aliphatic heterocycles. The topological polar surface area (TPSA) is 136 Å². The van der Waals surface area contributed by atoms with E-state index in [1.807, 2.05) is 0 Å². The van der Waals surface area contributed by atoms with Crippen LogP contribution in [0, 0.1) is 0 Å². The average molecular weight is 494 g/mol. The molecular weight excluding hydrogens is 478 g/mol. The van der Waals surface area contributed by atoms with Crippen molar-refractivity contribution < 1.29 is 27.9 Å². The Morgan fingerprint density at radius 3 is 2.62 bits per heavy atom. The number of aliphatic carboxylic acids is 1. The van der Waals surface area contributed by atoms with Crippen molar-refractivity contribution in [1.29, 1.82) is 0 Å². The summed E-state index contributed by atoms with van der Waals surface area (Å²) in [6.07, 6.45) is 4.52. The van der Waals surface area contributed by atoms with E-state index in [9.17, 15) is 18.0 Å². The molecule has 0 saturated heterocycles. The fourth-order valence-corrected chi connectivity index (χ4v) is 5.92. The molecular formula is C20H16ClN3O6S2. The van der Waals surface area contributed by atoms with Crippen molar-refractivity contribution in [2.45, 2.75) is 16.0 Å². The average Bonchev–Trinajstić information content (AvgIpc) is 3.23. The molecule has 9 nitrogen and oxygen atoms in total. The van der Waals surface area contributed by atoms with Gasteiger partial charge in [-0.05, 0) is 37.4 Å². The Morgan fingerprint density at radius 2 is 2.00 bits per heavy atom. The maximum absolute atomic E-state index is 13.4. The van der Waals surface area contributed by atoms with E-state index in [-0.39, 0.29) is 14.9 Å². The lowest BCUT2D eigenvalue weighted by molar-refractivity contribution is -0.145. The van der Waals surface area contributed by atoms with Gasteiger partial charge >= 0.3 is 11.9 Å². The summed E-state index contributed by atoms with van der Waals surface area (Å²) in [7, 11) is -2.50. The standard InChI is InChI=1S/C20H16ClN3O6S2/c1-22-20(30-17(27)7-6-16(25)26)14-10-15(32(28,29)12-4-2-8-23-11-12)18(31-14)13-5-3-9-24-19(13)21/h2-11,20,22H,1H3,(H,25,26)/b7-6+. The minimum Gasteiger partial charge on any atom is -0.478 e. The molecule has 1 atom stereocenters. The molecule has 0 radical (unpaired) electrons. The third kappa shape index (κ3) is 5.19. The second kappa shape index (κ2) is 10.0. The van der Waals surface area contributed by atoms with E-state index in [1.165, 1.54) is 43.8 Å². The number of rotatable bonds is 8. The fraction of sp³-hybridized carbons (Fsp3) is 0.100. The van der Waals surface area contributed by atoms with Crippen LogP contribution in [0.1, 0.15) is 11.1 Å². The number of nitrogens with zero attached hydrogens (tertiary/aromatic N) is 2. The van der Waals surface area contributed by atoms with Gasteiger partial charge in [0.1, 0.15) is 5.15 Å². The summed E-state index contributed by atoms with van der Waals surface area (Å²) in [5.41, 5.74) is 0.389. The minimum atomic E-state index is -4.00. The number of sulfone groups is 1. The third-order valence-electron chi connectivity index (χ3n) is 4.07. The monoisotopic (exact) mass is 493 g/mol. The molecule has 0 aromatic carbocycles. The van der Waals surface area contributed by atoms with Crippen molar-refractivity contribution in [3.63, 3.8) is 0 Å². The summed E-state index contributed by atoms with van der Waals surface area (Å²) in [6, 6.07) is 7.54. The van der Waals surface area contributed by atoms with E-state index < -0.39 is 28.0 Å². The van der Waals surface area contributed by atoms with Gasteiger partial charge in [0.25, 0.3) is 0 Å². The molecule has 3 aromatic rings. The molecule has 3 heterocycles. The van der Waals surface area contributed by atoms with Gasteiger partial charge in [-0.3, -0.25) is 10.3 Å². The highest BCUT2D eigenvalue weighted by Gasteiger charge is 2.29. The highest BCUT2D eigenvalue weighted by molar-refractivity contribution is 7.91. The number of carboxylic acid groups (broad SMARTS) is 1. The molecule has 32 heavy (non-hydrogen) atoms. The van der Waals surface area contributed by atoms with Crippen LogP contribution in [-0.4, -0.2) is 42.5 Å². The van der Waals surface area contributed by atoms with E-state index in [0.29, 0.717) is 21.4 Å². The van der Waals surface area contributed by atoms with Crippen molar-refractivity contribution in [3.05, 3.63) is 71.1 Å². The molecule has 0 aliphatic rings. The van der Waals surface area contributed by atoms with E-state index in [4.69, 9.17) is 21.4 Å². The number of carboxylic acids is 1. The number of nitrogens with one attached hydrogen (secondary N) is 1. The van der Waals surface area contributed by atoms with Crippen LogP contribution in [0.4, 0.5) is 0 Å². The second-order valence-corrected chi connectivity index (χ2v) is 9.51. The zero-order valence-corrected chi connectivity index (χ0v) is 18.8. The summed E-state index contributed by atoms with van der Waals surface area (Å²) >= 11 is 7.27. The largest absolute Gasteiger partial charge is 0.478 e. The van der Waals surface area contributed by atoms with Crippen molar-refractivity contribution in [1.82, 2.24) is 15.3 Å². The van der Waals surface area contributed by atoms with Crippen LogP contribution < -0.4 is 5.32 Å². The number of halogens is 1. The van der Waals surface area contributed by atoms with Crippen LogP contribution in [-0.2, 0) is 24.2 Å². The number of carbonyl (C=O) groups excluding carboxylic acids is 1. The second-order valence-electron chi connectivity index (χ2n) is 6.15. The molecule has 0 fully saturated rings. The van der Waals surface area contributed by atoms with Gasteiger partial charge in [0.05, 0.1) is 19.5 Å². The number of ether oxygens (including phenoxy) is 1. The van der Waals surface area contributed by atoms with Crippen LogP contribution in [0.5, 0.6) is 0 Å². The summed E-state index contributed by atoms with van der Waals surface area (Å²) in [4.78, 5) is 31.0. The number of hydrogen-bond donors (Lipinski definition) is 2. The lowest BCUT2D eigenvalue weighted by Gasteiger charge is -2.14. The Labute approximate surface area is 192 Å². The molecule has 166 valence electrons. The van der Waals surface area contributed by atoms with Gasteiger partial charge in [-0.15, -0.1) is 11.3 Å². The Hall–Kier alpha value is -3.12. The van der Waals surface area contributed by atoms with Crippen LogP contribution in [0.25, 0.3) is 10.4 Å². The molecule has 3 rings (SSSR count). The molecule has 0 amide bonds. The Bertz CT molecular complexity index is 1280. The zero-order valence-electron chi connectivity index (χ0n) is 16.4. The SMILES string of the molecule is CNC(OC(=O)/C=C/C(=O)O)c1cc(S(=O)(=O)c2cccnc2)c(-c2cccnc2Cl)s1. The van der Waals surface area contributed by atoms with Gasteiger partial charge < -0.3 is 9.84 Å². The lowest BCUT2D eigenvalue weighted by Crippen LogP contribution is -2.21.